The van der Waals surface area contributed by atoms with E-state index in [-0.39, 0.29) is 18.4 Å². The molecule has 0 aliphatic rings. The lowest BCUT2D eigenvalue weighted by molar-refractivity contribution is -0.115. The number of nitrogens with zero attached hydrogens (tertiary/aromatic N) is 2. The van der Waals surface area contributed by atoms with Crippen LogP contribution in [0.3, 0.4) is 0 Å². The summed E-state index contributed by atoms with van der Waals surface area (Å²) in [6.45, 7) is 4.29. The first-order chi connectivity index (χ1) is 16.0. The van der Waals surface area contributed by atoms with E-state index < -0.39 is 0 Å². The number of hydrogen-bond donors (Lipinski definition) is 2. The molecule has 166 valence electrons. The summed E-state index contributed by atoms with van der Waals surface area (Å²) in [5.74, 6) is -0.622. The van der Waals surface area contributed by atoms with Crippen LogP contribution in [0.4, 0.5) is 5.69 Å². The highest BCUT2D eigenvalue weighted by molar-refractivity contribution is 6.03. The highest BCUT2D eigenvalue weighted by Gasteiger charge is 2.19. The Kier molecular flexibility index (Phi) is 6.64. The van der Waals surface area contributed by atoms with Crippen LogP contribution < -0.4 is 10.6 Å². The van der Waals surface area contributed by atoms with Gasteiger partial charge in [-0.15, -0.1) is 0 Å². The monoisotopic (exact) mass is 438 g/mol. The molecular formula is C27H26N4O2. The SMILES string of the molecule is Cc1cccc(C)c1NC(=O)CNC(=O)c1cn(Cc2ccccc2)nc1-c1ccccc1. The number of para-hydroxylation sites is 1. The Morgan fingerprint density at radius 1 is 0.848 bits per heavy atom. The van der Waals surface area contributed by atoms with Crippen LogP contribution in [0.15, 0.2) is 85.1 Å². The van der Waals surface area contributed by atoms with E-state index in [1.54, 1.807) is 10.9 Å². The molecule has 0 aliphatic heterocycles. The number of aryl methyl sites for hydroxylation is 2. The molecule has 0 saturated heterocycles. The largest absolute Gasteiger partial charge is 0.343 e. The quantitative estimate of drug-likeness (QED) is 0.443. The second-order valence-electron chi connectivity index (χ2n) is 7.94. The highest BCUT2D eigenvalue weighted by atomic mass is 16.2. The van der Waals surface area contributed by atoms with Gasteiger partial charge in [0.2, 0.25) is 5.91 Å². The number of carbonyl (C=O) groups is 2. The summed E-state index contributed by atoms with van der Waals surface area (Å²) >= 11 is 0. The second-order valence-corrected chi connectivity index (χ2v) is 7.94. The van der Waals surface area contributed by atoms with E-state index in [2.05, 4.69) is 15.7 Å². The predicted octanol–water partition coefficient (Wildman–Crippen LogP) is 4.58. The minimum Gasteiger partial charge on any atom is -0.343 e. The maximum Gasteiger partial charge on any atom is 0.255 e. The molecule has 0 unspecified atom stereocenters. The summed E-state index contributed by atoms with van der Waals surface area (Å²) in [6.07, 6.45) is 1.73. The molecule has 33 heavy (non-hydrogen) atoms. The van der Waals surface area contributed by atoms with Crippen molar-refractivity contribution >= 4 is 17.5 Å². The van der Waals surface area contributed by atoms with Gasteiger partial charge in [0.15, 0.2) is 0 Å². The number of carbonyl (C=O) groups excluding carboxylic acids is 2. The van der Waals surface area contributed by atoms with E-state index in [4.69, 9.17) is 0 Å². The molecule has 1 heterocycles. The van der Waals surface area contributed by atoms with Gasteiger partial charge in [-0.25, -0.2) is 0 Å². The Balaban J connectivity index is 1.51. The number of anilines is 1. The van der Waals surface area contributed by atoms with Gasteiger partial charge < -0.3 is 10.6 Å². The Morgan fingerprint density at radius 3 is 2.15 bits per heavy atom. The van der Waals surface area contributed by atoms with Crippen molar-refractivity contribution in [3.8, 4) is 11.3 Å². The lowest BCUT2D eigenvalue weighted by atomic mass is 10.1. The molecule has 4 aromatic rings. The van der Waals surface area contributed by atoms with Crippen LogP contribution in [0.25, 0.3) is 11.3 Å². The third kappa shape index (κ3) is 5.36. The van der Waals surface area contributed by atoms with Gasteiger partial charge in [0.1, 0.15) is 5.69 Å². The van der Waals surface area contributed by atoms with Crippen molar-refractivity contribution in [1.82, 2.24) is 15.1 Å². The molecule has 4 rings (SSSR count). The fraction of sp³-hybridized carbons (Fsp3) is 0.148. The fourth-order valence-electron chi connectivity index (χ4n) is 3.70. The molecule has 0 atom stereocenters. The third-order valence-electron chi connectivity index (χ3n) is 5.40. The normalized spacial score (nSPS) is 10.6. The Hall–Kier alpha value is -4.19. The molecule has 0 radical (unpaired) electrons. The zero-order valence-electron chi connectivity index (χ0n) is 18.7. The van der Waals surface area contributed by atoms with Crippen LogP contribution in [0.2, 0.25) is 0 Å². The predicted molar refractivity (Wildman–Crippen MR) is 130 cm³/mol. The van der Waals surface area contributed by atoms with Crippen LogP contribution in [0.5, 0.6) is 0 Å². The van der Waals surface area contributed by atoms with Gasteiger partial charge in [-0.05, 0) is 30.5 Å². The van der Waals surface area contributed by atoms with Crippen molar-refractivity contribution in [1.29, 1.82) is 0 Å². The van der Waals surface area contributed by atoms with Crippen molar-refractivity contribution in [2.75, 3.05) is 11.9 Å². The standard InChI is InChI=1S/C27H26N4O2/c1-19-10-9-11-20(2)25(19)29-24(32)16-28-27(33)23-18-31(17-21-12-5-3-6-13-21)30-26(23)22-14-7-4-8-15-22/h3-15,18H,16-17H2,1-2H3,(H,28,33)(H,29,32). The van der Waals surface area contributed by atoms with Gasteiger partial charge in [-0.3, -0.25) is 14.3 Å². The van der Waals surface area contributed by atoms with Crippen LogP contribution >= 0.6 is 0 Å². The molecule has 6 heteroatoms. The average molecular weight is 439 g/mol. The molecule has 3 aromatic carbocycles. The van der Waals surface area contributed by atoms with E-state index in [1.165, 1.54) is 0 Å². The summed E-state index contributed by atoms with van der Waals surface area (Å²) in [6, 6.07) is 25.3. The Bertz CT molecular complexity index is 1240. The fourth-order valence-corrected chi connectivity index (χ4v) is 3.70. The Morgan fingerprint density at radius 2 is 1.48 bits per heavy atom. The number of rotatable bonds is 7. The number of amides is 2. The summed E-state index contributed by atoms with van der Waals surface area (Å²) in [7, 11) is 0. The number of benzene rings is 3. The maximum absolute atomic E-state index is 13.1. The maximum atomic E-state index is 13.1. The number of nitrogens with one attached hydrogen (secondary N) is 2. The molecule has 0 aliphatic carbocycles. The number of hydrogen-bond acceptors (Lipinski definition) is 3. The lowest BCUT2D eigenvalue weighted by Gasteiger charge is -2.12. The summed E-state index contributed by atoms with van der Waals surface area (Å²) < 4.78 is 1.75. The van der Waals surface area contributed by atoms with Crippen LogP contribution in [0, 0.1) is 13.8 Å². The van der Waals surface area contributed by atoms with Gasteiger partial charge >= 0.3 is 0 Å². The van der Waals surface area contributed by atoms with E-state index in [0.717, 1.165) is 27.9 Å². The van der Waals surface area contributed by atoms with Gasteiger partial charge in [-0.2, -0.15) is 5.10 Å². The smallest absolute Gasteiger partial charge is 0.255 e. The average Bonchev–Trinajstić information content (AvgIpc) is 3.25. The number of aromatic nitrogens is 2. The van der Waals surface area contributed by atoms with Crippen molar-refractivity contribution in [2.24, 2.45) is 0 Å². The molecule has 2 N–H and O–H groups in total. The first-order valence-corrected chi connectivity index (χ1v) is 10.8. The third-order valence-corrected chi connectivity index (χ3v) is 5.40. The van der Waals surface area contributed by atoms with E-state index in [0.29, 0.717) is 17.8 Å². The van der Waals surface area contributed by atoms with Crippen LogP contribution in [-0.4, -0.2) is 28.1 Å². The zero-order valence-corrected chi connectivity index (χ0v) is 18.7. The van der Waals surface area contributed by atoms with E-state index in [9.17, 15) is 9.59 Å². The first-order valence-electron chi connectivity index (χ1n) is 10.8. The van der Waals surface area contributed by atoms with Crippen molar-refractivity contribution in [2.45, 2.75) is 20.4 Å². The lowest BCUT2D eigenvalue weighted by Crippen LogP contribution is -2.33. The second kappa shape index (κ2) is 9.96. The van der Waals surface area contributed by atoms with Crippen LogP contribution in [0.1, 0.15) is 27.0 Å². The highest BCUT2D eigenvalue weighted by Crippen LogP contribution is 2.23. The van der Waals surface area contributed by atoms with Crippen LogP contribution in [-0.2, 0) is 11.3 Å². The zero-order chi connectivity index (χ0) is 23.2. The topological polar surface area (TPSA) is 76.0 Å². The van der Waals surface area contributed by atoms with E-state index in [1.807, 2.05) is 92.7 Å². The summed E-state index contributed by atoms with van der Waals surface area (Å²) in [4.78, 5) is 25.6. The van der Waals surface area contributed by atoms with Crippen molar-refractivity contribution < 1.29 is 9.59 Å². The summed E-state index contributed by atoms with van der Waals surface area (Å²) in [5, 5.41) is 10.3. The first kappa shape index (κ1) is 22.0. The van der Waals surface area contributed by atoms with Gasteiger partial charge in [0, 0.05) is 17.4 Å². The molecular weight excluding hydrogens is 412 g/mol. The molecule has 0 saturated carbocycles. The van der Waals surface area contributed by atoms with Crippen molar-refractivity contribution in [3.63, 3.8) is 0 Å². The summed E-state index contributed by atoms with van der Waals surface area (Å²) in [5.41, 5.74) is 5.66. The van der Waals surface area contributed by atoms with Gasteiger partial charge in [-0.1, -0.05) is 78.9 Å². The molecule has 0 fully saturated rings. The van der Waals surface area contributed by atoms with Crippen molar-refractivity contribution in [3.05, 3.63) is 107 Å². The van der Waals surface area contributed by atoms with Gasteiger partial charge in [0.05, 0.1) is 18.7 Å². The molecule has 0 bridgehead atoms. The minimum atomic E-state index is -0.343. The van der Waals surface area contributed by atoms with E-state index >= 15 is 0 Å². The Labute approximate surface area is 193 Å². The molecule has 0 spiro atoms. The van der Waals surface area contributed by atoms with Gasteiger partial charge in [0.25, 0.3) is 5.91 Å². The molecule has 1 aromatic heterocycles. The molecule has 6 nitrogen and oxygen atoms in total. The minimum absolute atomic E-state index is 0.134. The molecule has 2 amide bonds.